The maximum absolute atomic E-state index is 13.0. The Balaban J connectivity index is 1.66. The number of fused-ring (bicyclic) bond motifs is 3. The van der Waals surface area contributed by atoms with E-state index < -0.39 is 0 Å². The van der Waals surface area contributed by atoms with Gasteiger partial charge in [0.1, 0.15) is 0 Å². The van der Waals surface area contributed by atoms with Crippen LogP contribution in [-0.4, -0.2) is 48.8 Å². The Morgan fingerprint density at radius 2 is 1.97 bits per heavy atom. The minimum Gasteiger partial charge on any atom is -0.342 e. The standard InChI is InChI=1S/C21H27N5O2S/c1-3-4-11-25-19(28)16-7-5-6-8-17(16)26-20(25)22-23-21(26)29-14-18(27)24-12-9-15(2)10-13-24/h5-8,15H,3-4,9-14H2,1-2H3. The number of carbonyl (C=O) groups is 1. The third-order valence-electron chi connectivity index (χ3n) is 5.67. The van der Waals surface area contributed by atoms with Gasteiger partial charge in [-0.15, -0.1) is 10.2 Å². The fourth-order valence-corrected chi connectivity index (χ4v) is 4.66. The van der Waals surface area contributed by atoms with E-state index >= 15 is 0 Å². The summed E-state index contributed by atoms with van der Waals surface area (Å²) in [6, 6.07) is 7.53. The van der Waals surface area contributed by atoms with Crippen molar-refractivity contribution in [1.29, 1.82) is 0 Å². The number of hydrogen-bond donors (Lipinski definition) is 0. The number of para-hydroxylation sites is 1. The summed E-state index contributed by atoms with van der Waals surface area (Å²) in [4.78, 5) is 27.6. The van der Waals surface area contributed by atoms with E-state index in [9.17, 15) is 9.59 Å². The zero-order valence-electron chi connectivity index (χ0n) is 17.0. The number of nitrogens with zero attached hydrogens (tertiary/aromatic N) is 5. The van der Waals surface area contributed by atoms with Crippen LogP contribution in [0.15, 0.2) is 34.2 Å². The second-order valence-corrected chi connectivity index (χ2v) is 8.74. The molecule has 1 amide bonds. The lowest BCUT2D eigenvalue weighted by Gasteiger charge is -2.30. The number of carbonyl (C=O) groups excluding carboxylic acids is 1. The molecule has 7 nitrogen and oxygen atoms in total. The molecule has 0 unspecified atom stereocenters. The van der Waals surface area contributed by atoms with Crippen molar-refractivity contribution in [3.8, 4) is 0 Å². The number of piperidine rings is 1. The highest BCUT2D eigenvalue weighted by Gasteiger charge is 2.22. The summed E-state index contributed by atoms with van der Waals surface area (Å²) < 4.78 is 3.62. The Hall–Kier alpha value is -2.35. The molecule has 154 valence electrons. The Labute approximate surface area is 174 Å². The number of aromatic nitrogens is 4. The molecule has 1 fully saturated rings. The van der Waals surface area contributed by atoms with Crippen LogP contribution in [0, 0.1) is 5.92 Å². The van der Waals surface area contributed by atoms with Gasteiger partial charge in [-0.3, -0.25) is 18.6 Å². The second-order valence-electron chi connectivity index (χ2n) is 7.80. The average Bonchev–Trinajstić information content (AvgIpc) is 3.16. The zero-order valence-corrected chi connectivity index (χ0v) is 17.8. The average molecular weight is 414 g/mol. The Bertz CT molecular complexity index is 1080. The van der Waals surface area contributed by atoms with Crippen molar-refractivity contribution in [2.24, 2.45) is 5.92 Å². The van der Waals surface area contributed by atoms with Gasteiger partial charge in [0, 0.05) is 19.6 Å². The highest BCUT2D eigenvalue weighted by atomic mass is 32.2. The third kappa shape index (κ3) is 3.90. The highest BCUT2D eigenvalue weighted by Crippen LogP contribution is 2.23. The molecule has 2 aromatic heterocycles. The molecule has 3 heterocycles. The summed E-state index contributed by atoms with van der Waals surface area (Å²) in [6.07, 6.45) is 4.02. The number of rotatable bonds is 6. The van der Waals surface area contributed by atoms with Crippen molar-refractivity contribution in [2.75, 3.05) is 18.8 Å². The van der Waals surface area contributed by atoms with Gasteiger partial charge in [-0.25, -0.2) is 0 Å². The van der Waals surface area contributed by atoms with E-state index in [0.717, 1.165) is 44.3 Å². The molecule has 1 saturated heterocycles. The molecule has 1 aromatic carbocycles. The van der Waals surface area contributed by atoms with Crippen molar-refractivity contribution >= 4 is 34.3 Å². The summed E-state index contributed by atoms with van der Waals surface area (Å²) in [7, 11) is 0. The summed E-state index contributed by atoms with van der Waals surface area (Å²) >= 11 is 1.40. The smallest absolute Gasteiger partial charge is 0.262 e. The van der Waals surface area contributed by atoms with Gasteiger partial charge in [0.25, 0.3) is 5.56 Å². The van der Waals surface area contributed by atoms with Crippen LogP contribution in [0.5, 0.6) is 0 Å². The molecule has 3 aromatic rings. The lowest BCUT2D eigenvalue weighted by atomic mass is 9.99. The Morgan fingerprint density at radius 3 is 2.72 bits per heavy atom. The minimum atomic E-state index is -0.0380. The van der Waals surface area contributed by atoms with Crippen molar-refractivity contribution in [2.45, 2.75) is 51.2 Å². The second kappa shape index (κ2) is 8.57. The van der Waals surface area contributed by atoms with Crippen molar-refractivity contribution in [1.82, 2.24) is 24.1 Å². The van der Waals surface area contributed by atoms with Gasteiger partial charge in [0.2, 0.25) is 11.7 Å². The summed E-state index contributed by atoms with van der Waals surface area (Å²) in [5.41, 5.74) is 0.746. The maximum Gasteiger partial charge on any atom is 0.262 e. The molecule has 0 saturated carbocycles. The molecule has 1 aliphatic heterocycles. The van der Waals surface area contributed by atoms with Crippen LogP contribution >= 0.6 is 11.8 Å². The molecular weight excluding hydrogens is 386 g/mol. The monoisotopic (exact) mass is 413 g/mol. The quantitative estimate of drug-likeness (QED) is 0.580. The fraction of sp³-hybridized carbons (Fsp3) is 0.524. The lowest BCUT2D eigenvalue weighted by molar-refractivity contribution is -0.129. The Morgan fingerprint density at radius 1 is 1.21 bits per heavy atom. The van der Waals surface area contributed by atoms with Gasteiger partial charge >= 0.3 is 0 Å². The molecule has 4 rings (SSSR count). The number of unbranched alkanes of at least 4 members (excludes halogenated alkanes) is 1. The van der Waals surface area contributed by atoms with Crippen LogP contribution < -0.4 is 5.56 Å². The summed E-state index contributed by atoms with van der Waals surface area (Å²) in [5.74, 6) is 1.71. The van der Waals surface area contributed by atoms with Gasteiger partial charge in [-0.05, 0) is 37.3 Å². The number of amides is 1. The maximum atomic E-state index is 13.0. The molecule has 0 atom stereocenters. The number of benzene rings is 1. The van der Waals surface area contributed by atoms with E-state index in [1.807, 2.05) is 33.6 Å². The largest absolute Gasteiger partial charge is 0.342 e. The van der Waals surface area contributed by atoms with Crippen LogP contribution in [-0.2, 0) is 11.3 Å². The predicted molar refractivity (Wildman–Crippen MR) is 115 cm³/mol. The fourth-order valence-electron chi connectivity index (χ4n) is 3.82. The number of likely N-dealkylation sites (tertiary alicyclic amines) is 1. The molecule has 29 heavy (non-hydrogen) atoms. The first-order valence-electron chi connectivity index (χ1n) is 10.4. The van der Waals surface area contributed by atoms with Crippen LogP contribution in [0.4, 0.5) is 0 Å². The van der Waals surface area contributed by atoms with Crippen LogP contribution in [0.3, 0.4) is 0 Å². The van der Waals surface area contributed by atoms with Crippen LogP contribution in [0.2, 0.25) is 0 Å². The normalized spacial score (nSPS) is 15.4. The van der Waals surface area contributed by atoms with Crippen molar-refractivity contribution in [3.63, 3.8) is 0 Å². The van der Waals surface area contributed by atoms with E-state index in [-0.39, 0.29) is 11.5 Å². The number of thioether (sulfide) groups is 1. The number of hydrogen-bond acceptors (Lipinski definition) is 5. The van der Waals surface area contributed by atoms with E-state index in [1.165, 1.54) is 11.8 Å². The van der Waals surface area contributed by atoms with Gasteiger partial charge in [0.15, 0.2) is 5.16 Å². The van der Waals surface area contributed by atoms with E-state index in [0.29, 0.717) is 34.5 Å². The molecule has 0 aliphatic carbocycles. The van der Waals surface area contributed by atoms with Gasteiger partial charge in [0.05, 0.1) is 16.7 Å². The third-order valence-corrected chi connectivity index (χ3v) is 6.59. The summed E-state index contributed by atoms with van der Waals surface area (Å²) in [5, 5.41) is 9.94. The molecule has 1 aliphatic rings. The highest BCUT2D eigenvalue weighted by molar-refractivity contribution is 7.99. The summed E-state index contributed by atoms with van der Waals surface area (Å²) in [6.45, 7) is 6.61. The van der Waals surface area contributed by atoms with Crippen LogP contribution in [0.1, 0.15) is 39.5 Å². The number of aryl methyl sites for hydroxylation is 1. The molecular formula is C21H27N5O2S. The molecule has 0 radical (unpaired) electrons. The molecule has 0 N–H and O–H groups in total. The van der Waals surface area contributed by atoms with E-state index in [2.05, 4.69) is 24.0 Å². The van der Waals surface area contributed by atoms with Gasteiger partial charge in [-0.1, -0.05) is 44.2 Å². The SMILES string of the molecule is CCCCn1c(=O)c2ccccc2n2c(SCC(=O)N3CCC(C)CC3)nnc12. The van der Waals surface area contributed by atoms with Crippen LogP contribution in [0.25, 0.3) is 16.7 Å². The first-order valence-corrected chi connectivity index (χ1v) is 11.4. The van der Waals surface area contributed by atoms with E-state index in [4.69, 9.17) is 0 Å². The Kier molecular flexibility index (Phi) is 5.89. The van der Waals surface area contributed by atoms with E-state index in [1.54, 1.807) is 4.57 Å². The minimum absolute atomic E-state index is 0.0380. The lowest BCUT2D eigenvalue weighted by Crippen LogP contribution is -2.38. The van der Waals surface area contributed by atoms with Gasteiger partial charge in [-0.2, -0.15) is 0 Å². The zero-order chi connectivity index (χ0) is 20.4. The molecule has 0 bridgehead atoms. The van der Waals surface area contributed by atoms with Crippen molar-refractivity contribution in [3.05, 3.63) is 34.6 Å². The first-order chi connectivity index (χ1) is 14.1. The topological polar surface area (TPSA) is 72.5 Å². The molecule has 0 spiro atoms. The molecule has 8 heteroatoms. The van der Waals surface area contributed by atoms with Crippen molar-refractivity contribution < 1.29 is 4.79 Å². The predicted octanol–water partition coefficient (Wildman–Crippen LogP) is 3.19. The van der Waals surface area contributed by atoms with Gasteiger partial charge < -0.3 is 4.90 Å². The first kappa shape index (κ1) is 19.9.